The minimum Gasteiger partial charge on any atom is -0.376 e. The van der Waals surface area contributed by atoms with Crippen LogP contribution >= 0.6 is 0 Å². The monoisotopic (exact) mass is 214 g/mol. The van der Waals surface area contributed by atoms with E-state index in [1.54, 1.807) is 0 Å². The van der Waals surface area contributed by atoms with E-state index in [0.717, 1.165) is 19.6 Å². The fraction of sp³-hybridized carbons (Fsp3) is 1.00. The normalized spacial score (nSPS) is 30.4. The number of hydrogen-bond donors (Lipinski definition) is 1. The molecule has 1 heterocycles. The van der Waals surface area contributed by atoms with E-state index in [9.17, 15) is 0 Å². The molecule has 2 N–H and O–H groups in total. The summed E-state index contributed by atoms with van der Waals surface area (Å²) in [5.74, 6) is 0. The lowest BCUT2D eigenvalue weighted by atomic mass is 10.1. The molecule has 3 heteroatoms. The topological polar surface area (TPSA) is 38.5 Å². The third kappa shape index (κ3) is 4.49. The van der Waals surface area contributed by atoms with Gasteiger partial charge in [0.1, 0.15) is 0 Å². The van der Waals surface area contributed by atoms with E-state index < -0.39 is 0 Å². The maximum absolute atomic E-state index is 5.76. The second-order valence-electron chi connectivity index (χ2n) is 4.82. The Morgan fingerprint density at radius 3 is 2.87 bits per heavy atom. The summed E-state index contributed by atoms with van der Waals surface area (Å²) in [4.78, 5) is 2.57. The van der Waals surface area contributed by atoms with Gasteiger partial charge in [0, 0.05) is 18.6 Å². The highest BCUT2D eigenvalue weighted by atomic mass is 16.5. The first-order valence-electron chi connectivity index (χ1n) is 6.24. The van der Waals surface area contributed by atoms with Crippen LogP contribution in [0.25, 0.3) is 0 Å². The van der Waals surface area contributed by atoms with Crippen molar-refractivity contribution in [3.63, 3.8) is 0 Å². The van der Waals surface area contributed by atoms with Crippen LogP contribution < -0.4 is 5.73 Å². The van der Waals surface area contributed by atoms with Crippen molar-refractivity contribution in [2.24, 2.45) is 5.73 Å². The van der Waals surface area contributed by atoms with Crippen LogP contribution in [0.3, 0.4) is 0 Å². The summed E-state index contributed by atoms with van der Waals surface area (Å²) in [6.45, 7) is 9.63. The van der Waals surface area contributed by atoms with Crippen LogP contribution in [0.4, 0.5) is 0 Å². The van der Waals surface area contributed by atoms with Gasteiger partial charge in [0.25, 0.3) is 0 Å². The summed E-state index contributed by atoms with van der Waals surface area (Å²) in [6, 6.07) is 0.956. The molecule has 90 valence electrons. The van der Waals surface area contributed by atoms with Gasteiger partial charge in [-0.3, -0.25) is 4.90 Å². The SMILES string of the molecule is CCC1COC(C)CN1CCCC(C)N. The van der Waals surface area contributed by atoms with Gasteiger partial charge < -0.3 is 10.5 Å². The zero-order valence-electron chi connectivity index (χ0n) is 10.4. The van der Waals surface area contributed by atoms with E-state index in [2.05, 4.69) is 25.7 Å². The molecule has 0 aromatic heterocycles. The minimum atomic E-state index is 0.337. The van der Waals surface area contributed by atoms with Gasteiger partial charge in [0.2, 0.25) is 0 Å². The second-order valence-corrected chi connectivity index (χ2v) is 4.82. The third-order valence-corrected chi connectivity index (χ3v) is 3.16. The average molecular weight is 214 g/mol. The Morgan fingerprint density at radius 2 is 2.27 bits per heavy atom. The molecule has 0 bridgehead atoms. The number of morpholine rings is 1. The molecule has 0 saturated carbocycles. The summed E-state index contributed by atoms with van der Waals surface area (Å²) in [5.41, 5.74) is 5.76. The molecule has 0 aliphatic carbocycles. The molecule has 0 aromatic carbocycles. The number of ether oxygens (including phenoxy) is 1. The summed E-state index contributed by atoms with van der Waals surface area (Å²) >= 11 is 0. The van der Waals surface area contributed by atoms with E-state index in [0.29, 0.717) is 18.2 Å². The van der Waals surface area contributed by atoms with Gasteiger partial charge in [0.15, 0.2) is 0 Å². The lowest BCUT2D eigenvalue weighted by molar-refractivity contribution is -0.0561. The van der Waals surface area contributed by atoms with Crippen molar-refractivity contribution < 1.29 is 4.74 Å². The predicted octanol–water partition coefficient (Wildman–Crippen LogP) is 1.61. The maximum Gasteiger partial charge on any atom is 0.0674 e. The molecule has 1 fully saturated rings. The summed E-state index contributed by atoms with van der Waals surface area (Å²) in [6.07, 6.45) is 3.91. The van der Waals surface area contributed by atoms with Crippen molar-refractivity contribution in [1.82, 2.24) is 4.90 Å². The van der Waals surface area contributed by atoms with E-state index in [-0.39, 0.29) is 0 Å². The Morgan fingerprint density at radius 1 is 1.53 bits per heavy atom. The van der Waals surface area contributed by atoms with Crippen molar-refractivity contribution in [3.05, 3.63) is 0 Å². The Kier molecular flexibility index (Phi) is 5.58. The first-order valence-corrected chi connectivity index (χ1v) is 6.24. The molecule has 0 amide bonds. The Bertz CT molecular complexity index is 173. The second kappa shape index (κ2) is 6.46. The fourth-order valence-corrected chi connectivity index (χ4v) is 2.18. The zero-order chi connectivity index (χ0) is 11.3. The van der Waals surface area contributed by atoms with Crippen molar-refractivity contribution >= 4 is 0 Å². The standard InChI is InChI=1S/C12H26N2O/c1-4-12-9-15-11(3)8-14(12)7-5-6-10(2)13/h10-12H,4-9,13H2,1-3H3. The van der Waals surface area contributed by atoms with Crippen molar-refractivity contribution in [2.45, 2.75) is 58.2 Å². The number of nitrogens with two attached hydrogens (primary N) is 1. The van der Waals surface area contributed by atoms with Gasteiger partial charge >= 0.3 is 0 Å². The number of hydrogen-bond acceptors (Lipinski definition) is 3. The van der Waals surface area contributed by atoms with Gasteiger partial charge in [-0.05, 0) is 39.7 Å². The fourth-order valence-electron chi connectivity index (χ4n) is 2.18. The molecule has 0 spiro atoms. The molecule has 0 radical (unpaired) electrons. The lowest BCUT2D eigenvalue weighted by Crippen LogP contribution is -2.48. The Balaban J connectivity index is 2.28. The van der Waals surface area contributed by atoms with Crippen LogP contribution in [0.2, 0.25) is 0 Å². The third-order valence-electron chi connectivity index (χ3n) is 3.16. The van der Waals surface area contributed by atoms with Gasteiger partial charge in [-0.15, -0.1) is 0 Å². The largest absolute Gasteiger partial charge is 0.376 e. The maximum atomic E-state index is 5.76. The van der Waals surface area contributed by atoms with E-state index in [1.807, 2.05) is 0 Å². The van der Waals surface area contributed by atoms with Crippen LogP contribution in [0, 0.1) is 0 Å². The first-order chi connectivity index (χ1) is 7.13. The molecule has 3 nitrogen and oxygen atoms in total. The van der Waals surface area contributed by atoms with Gasteiger partial charge in [-0.1, -0.05) is 6.92 Å². The summed E-state index contributed by atoms with van der Waals surface area (Å²) in [5, 5.41) is 0. The minimum absolute atomic E-state index is 0.337. The average Bonchev–Trinajstić information content (AvgIpc) is 2.17. The Labute approximate surface area is 94.0 Å². The van der Waals surface area contributed by atoms with Crippen molar-refractivity contribution in [1.29, 1.82) is 0 Å². The number of rotatable bonds is 5. The van der Waals surface area contributed by atoms with E-state index in [1.165, 1.54) is 19.4 Å². The molecule has 3 unspecified atom stereocenters. The summed E-state index contributed by atoms with van der Waals surface area (Å²) in [7, 11) is 0. The van der Waals surface area contributed by atoms with Crippen LogP contribution in [0.15, 0.2) is 0 Å². The highest BCUT2D eigenvalue weighted by Crippen LogP contribution is 2.15. The molecule has 1 aliphatic heterocycles. The predicted molar refractivity (Wildman–Crippen MR) is 63.9 cm³/mol. The van der Waals surface area contributed by atoms with Crippen LogP contribution in [0.5, 0.6) is 0 Å². The van der Waals surface area contributed by atoms with Gasteiger partial charge in [0.05, 0.1) is 12.7 Å². The first kappa shape index (κ1) is 12.9. The molecule has 1 aliphatic rings. The van der Waals surface area contributed by atoms with E-state index >= 15 is 0 Å². The highest BCUT2D eigenvalue weighted by molar-refractivity contribution is 4.77. The molecule has 3 atom stereocenters. The molecule has 15 heavy (non-hydrogen) atoms. The highest BCUT2D eigenvalue weighted by Gasteiger charge is 2.24. The Hall–Kier alpha value is -0.120. The summed E-state index contributed by atoms with van der Waals surface area (Å²) < 4.78 is 5.67. The van der Waals surface area contributed by atoms with Gasteiger partial charge in [-0.25, -0.2) is 0 Å². The van der Waals surface area contributed by atoms with Gasteiger partial charge in [-0.2, -0.15) is 0 Å². The molecule has 1 saturated heterocycles. The van der Waals surface area contributed by atoms with Crippen molar-refractivity contribution in [3.8, 4) is 0 Å². The van der Waals surface area contributed by atoms with Crippen molar-refractivity contribution in [2.75, 3.05) is 19.7 Å². The van der Waals surface area contributed by atoms with Crippen LogP contribution in [0.1, 0.15) is 40.0 Å². The van der Waals surface area contributed by atoms with Crippen LogP contribution in [-0.4, -0.2) is 42.8 Å². The smallest absolute Gasteiger partial charge is 0.0674 e. The quantitative estimate of drug-likeness (QED) is 0.755. The molecule has 0 aromatic rings. The zero-order valence-corrected chi connectivity index (χ0v) is 10.4. The number of nitrogens with zero attached hydrogens (tertiary/aromatic N) is 1. The molecule has 1 rings (SSSR count). The van der Waals surface area contributed by atoms with Crippen LogP contribution in [-0.2, 0) is 4.74 Å². The molecular weight excluding hydrogens is 188 g/mol. The molecular formula is C12H26N2O. The lowest BCUT2D eigenvalue weighted by Gasteiger charge is -2.38. The van der Waals surface area contributed by atoms with E-state index in [4.69, 9.17) is 10.5 Å².